The van der Waals surface area contributed by atoms with Gasteiger partial charge in [0, 0.05) is 17.7 Å². The minimum atomic E-state index is -0.00192. The molecule has 0 fully saturated rings. The third-order valence-corrected chi connectivity index (χ3v) is 4.25. The van der Waals surface area contributed by atoms with Gasteiger partial charge in [0.2, 0.25) is 5.91 Å². The minimum absolute atomic E-state index is 0.00192. The third kappa shape index (κ3) is 4.67. The summed E-state index contributed by atoms with van der Waals surface area (Å²) in [7, 11) is 0. The Bertz CT molecular complexity index is 899. The largest absolute Gasteiger partial charge is 0.326 e. The summed E-state index contributed by atoms with van der Waals surface area (Å²) in [6, 6.07) is 25.2. The topological polar surface area (TPSA) is 46.2 Å². The van der Waals surface area contributed by atoms with Crippen LogP contribution in [0.3, 0.4) is 0 Å². The van der Waals surface area contributed by atoms with Crippen molar-refractivity contribution < 1.29 is 9.59 Å². The van der Waals surface area contributed by atoms with Crippen molar-refractivity contribution in [1.29, 1.82) is 0 Å². The smallest absolute Gasteiger partial charge is 0.224 e. The molecule has 26 heavy (non-hydrogen) atoms. The molecule has 3 aromatic rings. The maximum Gasteiger partial charge on any atom is 0.224 e. The lowest BCUT2D eigenvalue weighted by atomic mass is 10.0. The lowest BCUT2D eigenvalue weighted by Crippen LogP contribution is -2.12. The monoisotopic (exact) mass is 343 g/mol. The Hall–Kier alpha value is -3.20. The Morgan fingerprint density at radius 3 is 2.23 bits per heavy atom. The van der Waals surface area contributed by atoms with Gasteiger partial charge in [-0.15, -0.1) is 0 Å². The number of amides is 1. The number of ketones is 1. The van der Waals surface area contributed by atoms with Gasteiger partial charge in [-0.05, 0) is 42.2 Å². The van der Waals surface area contributed by atoms with Gasteiger partial charge in [-0.1, -0.05) is 66.7 Å². The lowest BCUT2D eigenvalue weighted by Gasteiger charge is -2.08. The molecular weight excluding hydrogens is 322 g/mol. The van der Waals surface area contributed by atoms with E-state index in [1.54, 1.807) is 6.92 Å². The fourth-order valence-electron chi connectivity index (χ4n) is 2.80. The predicted octanol–water partition coefficient (Wildman–Crippen LogP) is 5.13. The molecule has 0 unspecified atom stereocenters. The van der Waals surface area contributed by atoms with Gasteiger partial charge in [0.1, 0.15) is 0 Å². The quantitative estimate of drug-likeness (QED) is 0.631. The van der Waals surface area contributed by atoms with Gasteiger partial charge in [-0.25, -0.2) is 0 Å². The van der Waals surface area contributed by atoms with Gasteiger partial charge in [0.15, 0.2) is 5.78 Å². The average Bonchev–Trinajstić information content (AvgIpc) is 2.67. The first-order valence-corrected chi connectivity index (χ1v) is 8.67. The number of carbonyl (C=O) groups excluding carboxylic acids is 2. The number of benzene rings is 3. The van der Waals surface area contributed by atoms with Gasteiger partial charge in [-0.2, -0.15) is 0 Å². The number of nitrogens with one attached hydrogen (secondary N) is 1. The Balaban J connectivity index is 1.65. The zero-order valence-corrected chi connectivity index (χ0v) is 14.7. The SMILES string of the molecule is CC(=O)c1ccc(-c2cccc(NC(=O)CCc3ccccc3)c2)cc1. The summed E-state index contributed by atoms with van der Waals surface area (Å²) in [6.45, 7) is 1.56. The number of Topliss-reactive ketones (excluding diaryl/α,β-unsaturated/α-hetero) is 1. The van der Waals surface area contributed by atoms with Gasteiger partial charge in [0.05, 0.1) is 0 Å². The summed E-state index contributed by atoms with van der Waals surface area (Å²) in [4.78, 5) is 23.6. The molecule has 0 spiro atoms. The van der Waals surface area contributed by atoms with Crippen LogP contribution in [-0.2, 0) is 11.2 Å². The van der Waals surface area contributed by atoms with Crippen LogP contribution < -0.4 is 5.32 Å². The molecule has 0 heterocycles. The molecule has 0 aliphatic rings. The first-order chi connectivity index (χ1) is 12.6. The molecule has 3 heteroatoms. The van der Waals surface area contributed by atoms with Gasteiger partial charge in [0.25, 0.3) is 0 Å². The van der Waals surface area contributed by atoms with E-state index in [0.717, 1.165) is 28.8 Å². The molecule has 0 saturated carbocycles. The number of anilines is 1. The Morgan fingerprint density at radius 1 is 0.808 bits per heavy atom. The minimum Gasteiger partial charge on any atom is -0.326 e. The molecule has 3 rings (SSSR count). The van der Waals surface area contributed by atoms with Crippen molar-refractivity contribution >= 4 is 17.4 Å². The molecule has 3 aromatic carbocycles. The fourth-order valence-corrected chi connectivity index (χ4v) is 2.80. The average molecular weight is 343 g/mol. The van der Waals surface area contributed by atoms with Crippen molar-refractivity contribution in [2.24, 2.45) is 0 Å². The van der Waals surface area contributed by atoms with E-state index in [-0.39, 0.29) is 11.7 Å². The van der Waals surface area contributed by atoms with Gasteiger partial charge in [-0.3, -0.25) is 9.59 Å². The number of rotatable bonds is 6. The van der Waals surface area contributed by atoms with Crippen molar-refractivity contribution in [3.8, 4) is 11.1 Å². The predicted molar refractivity (Wildman–Crippen MR) is 105 cm³/mol. The normalized spacial score (nSPS) is 10.3. The highest BCUT2D eigenvalue weighted by Crippen LogP contribution is 2.23. The number of carbonyl (C=O) groups is 2. The molecule has 0 aromatic heterocycles. The molecule has 0 aliphatic heterocycles. The molecule has 1 amide bonds. The summed E-state index contributed by atoms with van der Waals surface area (Å²) in [5, 5.41) is 2.96. The van der Waals surface area contributed by atoms with E-state index in [2.05, 4.69) is 5.32 Å². The number of hydrogen-bond donors (Lipinski definition) is 1. The zero-order chi connectivity index (χ0) is 18.4. The Morgan fingerprint density at radius 2 is 1.54 bits per heavy atom. The molecule has 0 aliphatic carbocycles. The van der Waals surface area contributed by atoms with Crippen molar-refractivity contribution in [3.63, 3.8) is 0 Å². The van der Waals surface area contributed by atoms with Crippen LogP contribution in [0.2, 0.25) is 0 Å². The summed E-state index contributed by atoms with van der Waals surface area (Å²) < 4.78 is 0. The molecule has 3 nitrogen and oxygen atoms in total. The van der Waals surface area contributed by atoms with E-state index in [1.807, 2.05) is 78.9 Å². The highest BCUT2D eigenvalue weighted by atomic mass is 16.1. The van der Waals surface area contributed by atoms with Crippen molar-refractivity contribution in [1.82, 2.24) is 0 Å². The van der Waals surface area contributed by atoms with Crippen LogP contribution in [0.1, 0.15) is 29.3 Å². The van der Waals surface area contributed by atoms with Crippen LogP contribution >= 0.6 is 0 Å². The van der Waals surface area contributed by atoms with Crippen LogP contribution in [0.25, 0.3) is 11.1 Å². The summed E-state index contributed by atoms with van der Waals surface area (Å²) >= 11 is 0. The maximum absolute atomic E-state index is 12.2. The van der Waals surface area contributed by atoms with E-state index in [1.165, 1.54) is 0 Å². The van der Waals surface area contributed by atoms with Gasteiger partial charge >= 0.3 is 0 Å². The summed E-state index contributed by atoms with van der Waals surface area (Å²) in [5.41, 5.74) is 4.63. The van der Waals surface area contributed by atoms with E-state index in [9.17, 15) is 9.59 Å². The van der Waals surface area contributed by atoms with Crippen LogP contribution in [-0.4, -0.2) is 11.7 Å². The first kappa shape index (κ1) is 17.6. The Labute approximate surface area is 153 Å². The number of hydrogen-bond acceptors (Lipinski definition) is 2. The Kier molecular flexibility index (Phi) is 5.59. The molecule has 130 valence electrons. The summed E-state index contributed by atoms with van der Waals surface area (Å²) in [6.07, 6.45) is 1.17. The molecule has 0 bridgehead atoms. The fraction of sp³-hybridized carbons (Fsp3) is 0.130. The highest BCUT2D eigenvalue weighted by molar-refractivity contribution is 5.94. The summed E-state index contributed by atoms with van der Waals surface area (Å²) in [5.74, 6) is 0.0499. The van der Waals surface area contributed by atoms with Crippen molar-refractivity contribution in [2.45, 2.75) is 19.8 Å². The molecule has 0 radical (unpaired) electrons. The maximum atomic E-state index is 12.2. The van der Waals surface area contributed by atoms with E-state index >= 15 is 0 Å². The second-order valence-electron chi connectivity index (χ2n) is 6.25. The van der Waals surface area contributed by atoms with Crippen molar-refractivity contribution in [3.05, 3.63) is 90.0 Å². The second kappa shape index (κ2) is 8.26. The van der Waals surface area contributed by atoms with Crippen molar-refractivity contribution in [2.75, 3.05) is 5.32 Å². The molecule has 0 atom stereocenters. The van der Waals surface area contributed by atoms with E-state index in [0.29, 0.717) is 12.0 Å². The van der Waals surface area contributed by atoms with Crippen LogP contribution in [0, 0.1) is 0 Å². The third-order valence-electron chi connectivity index (χ3n) is 4.25. The zero-order valence-electron chi connectivity index (χ0n) is 14.7. The van der Waals surface area contributed by atoms with Gasteiger partial charge < -0.3 is 5.32 Å². The highest BCUT2D eigenvalue weighted by Gasteiger charge is 2.06. The number of aryl methyl sites for hydroxylation is 1. The lowest BCUT2D eigenvalue weighted by molar-refractivity contribution is -0.116. The van der Waals surface area contributed by atoms with Crippen LogP contribution in [0.15, 0.2) is 78.9 Å². The standard InChI is InChI=1S/C23H21NO2/c1-17(25)19-11-13-20(14-12-19)21-8-5-9-22(16-21)24-23(26)15-10-18-6-3-2-4-7-18/h2-9,11-14,16H,10,15H2,1H3,(H,24,26). The molecule has 0 saturated heterocycles. The van der Waals surface area contributed by atoms with Crippen LogP contribution in [0.5, 0.6) is 0 Å². The first-order valence-electron chi connectivity index (χ1n) is 8.67. The molecule has 1 N–H and O–H groups in total. The van der Waals surface area contributed by atoms with Crippen LogP contribution in [0.4, 0.5) is 5.69 Å². The van der Waals surface area contributed by atoms with E-state index in [4.69, 9.17) is 0 Å². The second-order valence-corrected chi connectivity index (χ2v) is 6.25. The molecular formula is C23H21NO2. The van der Waals surface area contributed by atoms with E-state index < -0.39 is 0 Å².